The van der Waals surface area contributed by atoms with E-state index in [0.717, 1.165) is 37.4 Å². The maximum Gasteiger partial charge on any atom is 0.0518 e. The highest BCUT2D eigenvalue weighted by atomic mass is 16.5. The van der Waals surface area contributed by atoms with E-state index in [1.165, 1.54) is 0 Å². The predicted molar refractivity (Wildman–Crippen MR) is 69.7 cm³/mol. The van der Waals surface area contributed by atoms with Gasteiger partial charge in [0.25, 0.3) is 0 Å². The van der Waals surface area contributed by atoms with Crippen LogP contribution in [0.3, 0.4) is 0 Å². The number of ether oxygens (including phenoxy) is 1. The third kappa shape index (κ3) is 5.61. The fourth-order valence-corrected chi connectivity index (χ4v) is 1.43. The van der Waals surface area contributed by atoms with Crippen molar-refractivity contribution >= 4 is 11.4 Å². The highest BCUT2D eigenvalue weighted by Crippen LogP contribution is 2.11. The summed E-state index contributed by atoms with van der Waals surface area (Å²) in [6, 6.07) is 7.83. The van der Waals surface area contributed by atoms with Gasteiger partial charge in [0.05, 0.1) is 6.10 Å². The normalized spacial score (nSPS) is 10.7. The lowest BCUT2D eigenvalue weighted by molar-refractivity contribution is 0.0765. The molecule has 0 aromatic heterocycles. The Hall–Kier alpha value is -1.22. The molecule has 0 atom stereocenters. The first kappa shape index (κ1) is 12.8. The lowest BCUT2D eigenvalue weighted by Gasteiger charge is -2.08. The highest BCUT2D eigenvalue weighted by Gasteiger charge is 1.94. The second kappa shape index (κ2) is 7.12. The van der Waals surface area contributed by atoms with Crippen LogP contribution in [-0.4, -0.2) is 19.3 Å². The Labute approximate surface area is 98.0 Å². The summed E-state index contributed by atoms with van der Waals surface area (Å²) >= 11 is 0. The molecule has 3 N–H and O–H groups in total. The largest absolute Gasteiger partial charge is 0.399 e. The molecule has 1 aromatic rings. The first-order valence-electron chi connectivity index (χ1n) is 5.89. The molecular formula is C13H22N2O. The van der Waals surface area contributed by atoms with Crippen LogP contribution in [0.15, 0.2) is 24.3 Å². The summed E-state index contributed by atoms with van der Waals surface area (Å²) < 4.78 is 5.47. The summed E-state index contributed by atoms with van der Waals surface area (Å²) in [7, 11) is 0. The van der Waals surface area contributed by atoms with Gasteiger partial charge in [0.15, 0.2) is 0 Å². The van der Waals surface area contributed by atoms with Gasteiger partial charge in [-0.1, -0.05) is 6.07 Å². The summed E-state index contributed by atoms with van der Waals surface area (Å²) in [5, 5.41) is 3.34. The molecule has 0 saturated carbocycles. The maximum absolute atomic E-state index is 5.68. The topological polar surface area (TPSA) is 47.3 Å². The molecule has 0 amide bonds. The van der Waals surface area contributed by atoms with E-state index in [0.29, 0.717) is 6.10 Å². The number of nitrogen functional groups attached to an aromatic ring is 1. The molecule has 0 radical (unpaired) electrons. The van der Waals surface area contributed by atoms with Crippen LogP contribution in [0.5, 0.6) is 0 Å². The number of benzene rings is 1. The van der Waals surface area contributed by atoms with Crippen LogP contribution in [0, 0.1) is 0 Å². The van der Waals surface area contributed by atoms with Crippen molar-refractivity contribution in [2.45, 2.75) is 32.8 Å². The van der Waals surface area contributed by atoms with Crippen molar-refractivity contribution in [3.05, 3.63) is 24.3 Å². The van der Waals surface area contributed by atoms with Crippen LogP contribution >= 0.6 is 0 Å². The van der Waals surface area contributed by atoms with E-state index in [9.17, 15) is 0 Å². The molecule has 0 aliphatic heterocycles. The van der Waals surface area contributed by atoms with Gasteiger partial charge in [0.1, 0.15) is 0 Å². The van der Waals surface area contributed by atoms with Crippen LogP contribution in [0.2, 0.25) is 0 Å². The van der Waals surface area contributed by atoms with E-state index in [1.807, 2.05) is 24.3 Å². The van der Waals surface area contributed by atoms with Crippen molar-refractivity contribution in [1.82, 2.24) is 0 Å². The molecule has 90 valence electrons. The fourth-order valence-electron chi connectivity index (χ4n) is 1.43. The Kier molecular flexibility index (Phi) is 5.72. The zero-order chi connectivity index (χ0) is 11.8. The third-order valence-electron chi connectivity index (χ3n) is 2.24. The number of nitrogens with two attached hydrogens (primary N) is 1. The number of unbranched alkanes of at least 4 members (excludes halogenated alkanes) is 1. The van der Waals surface area contributed by atoms with E-state index in [4.69, 9.17) is 10.5 Å². The molecule has 0 spiro atoms. The molecule has 0 aliphatic carbocycles. The van der Waals surface area contributed by atoms with E-state index in [2.05, 4.69) is 19.2 Å². The molecule has 0 unspecified atom stereocenters. The molecule has 0 aliphatic rings. The lowest BCUT2D eigenvalue weighted by atomic mass is 10.2. The second-order valence-electron chi connectivity index (χ2n) is 4.18. The molecule has 0 saturated heterocycles. The summed E-state index contributed by atoms with van der Waals surface area (Å²) in [5.74, 6) is 0. The number of nitrogens with one attached hydrogen (secondary N) is 1. The first-order chi connectivity index (χ1) is 7.68. The van der Waals surface area contributed by atoms with Crippen LogP contribution in [0.25, 0.3) is 0 Å². The SMILES string of the molecule is CC(C)OCCCCNc1cccc(N)c1. The van der Waals surface area contributed by atoms with Crippen LogP contribution in [0.1, 0.15) is 26.7 Å². The van der Waals surface area contributed by atoms with Crippen molar-refractivity contribution in [2.24, 2.45) is 0 Å². The van der Waals surface area contributed by atoms with Crippen LogP contribution in [0.4, 0.5) is 11.4 Å². The Morgan fingerprint density at radius 2 is 2.12 bits per heavy atom. The minimum atomic E-state index is 0.335. The number of hydrogen-bond acceptors (Lipinski definition) is 3. The smallest absolute Gasteiger partial charge is 0.0518 e. The Morgan fingerprint density at radius 3 is 2.81 bits per heavy atom. The molecule has 0 heterocycles. The third-order valence-corrected chi connectivity index (χ3v) is 2.24. The van der Waals surface area contributed by atoms with Gasteiger partial charge in [-0.05, 0) is 44.9 Å². The van der Waals surface area contributed by atoms with E-state index >= 15 is 0 Å². The summed E-state index contributed by atoms with van der Waals surface area (Å²) in [5.41, 5.74) is 7.57. The van der Waals surface area contributed by atoms with Gasteiger partial charge in [-0.3, -0.25) is 0 Å². The quantitative estimate of drug-likeness (QED) is 0.551. The van der Waals surface area contributed by atoms with Crippen molar-refractivity contribution in [2.75, 3.05) is 24.2 Å². The Balaban J connectivity index is 2.07. The number of hydrogen-bond donors (Lipinski definition) is 2. The van der Waals surface area contributed by atoms with Gasteiger partial charge in [0.2, 0.25) is 0 Å². The lowest BCUT2D eigenvalue weighted by Crippen LogP contribution is -2.07. The Morgan fingerprint density at radius 1 is 1.31 bits per heavy atom. The summed E-state index contributed by atoms with van der Waals surface area (Å²) in [4.78, 5) is 0. The van der Waals surface area contributed by atoms with Gasteiger partial charge in [-0.25, -0.2) is 0 Å². The molecule has 1 aromatic carbocycles. The van der Waals surface area contributed by atoms with Gasteiger partial charge < -0.3 is 15.8 Å². The monoisotopic (exact) mass is 222 g/mol. The van der Waals surface area contributed by atoms with Crippen molar-refractivity contribution in [3.63, 3.8) is 0 Å². The van der Waals surface area contributed by atoms with Crippen molar-refractivity contribution in [3.8, 4) is 0 Å². The zero-order valence-electron chi connectivity index (χ0n) is 10.2. The first-order valence-corrected chi connectivity index (χ1v) is 5.89. The summed E-state index contributed by atoms with van der Waals surface area (Å²) in [6.07, 6.45) is 2.54. The van der Waals surface area contributed by atoms with Crippen LogP contribution in [-0.2, 0) is 4.74 Å². The van der Waals surface area contributed by atoms with E-state index < -0.39 is 0 Å². The van der Waals surface area contributed by atoms with Gasteiger partial charge in [-0.15, -0.1) is 0 Å². The van der Waals surface area contributed by atoms with E-state index in [1.54, 1.807) is 0 Å². The van der Waals surface area contributed by atoms with Crippen molar-refractivity contribution in [1.29, 1.82) is 0 Å². The number of anilines is 2. The maximum atomic E-state index is 5.68. The highest BCUT2D eigenvalue weighted by molar-refractivity contribution is 5.53. The zero-order valence-corrected chi connectivity index (χ0v) is 10.2. The minimum absolute atomic E-state index is 0.335. The molecule has 0 bridgehead atoms. The fraction of sp³-hybridized carbons (Fsp3) is 0.538. The minimum Gasteiger partial charge on any atom is -0.399 e. The van der Waals surface area contributed by atoms with Gasteiger partial charge in [0, 0.05) is 24.5 Å². The summed E-state index contributed by atoms with van der Waals surface area (Å²) in [6.45, 7) is 5.93. The van der Waals surface area contributed by atoms with Crippen molar-refractivity contribution < 1.29 is 4.74 Å². The average molecular weight is 222 g/mol. The second-order valence-corrected chi connectivity index (χ2v) is 4.18. The molecular weight excluding hydrogens is 200 g/mol. The predicted octanol–water partition coefficient (Wildman–Crippen LogP) is 2.89. The standard InChI is InChI=1S/C13H22N2O/c1-11(2)16-9-4-3-8-15-13-7-5-6-12(14)10-13/h5-7,10-11,15H,3-4,8-9,14H2,1-2H3. The molecule has 3 heteroatoms. The van der Waals surface area contributed by atoms with Gasteiger partial charge >= 0.3 is 0 Å². The van der Waals surface area contributed by atoms with E-state index in [-0.39, 0.29) is 0 Å². The Bertz CT molecular complexity index is 300. The molecule has 3 nitrogen and oxygen atoms in total. The average Bonchev–Trinajstić information content (AvgIpc) is 2.23. The van der Waals surface area contributed by atoms with Gasteiger partial charge in [-0.2, -0.15) is 0 Å². The molecule has 16 heavy (non-hydrogen) atoms. The van der Waals surface area contributed by atoms with Crippen LogP contribution < -0.4 is 11.1 Å². The molecule has 1 rings (SSSR count). The number of rotatable bonds is 7. The molecule has 0 fully saturated rings.